The molecule has 2 atom stereocenters. The molecule has 0 spiro atoms. The summed E-state index contributed by atoms with van der Waals surface area (Å²) in [7, 11) is -7.32. The molecule has 0 unspecified atom stereocenters. The largest absolute Gasteiger partial charge is 0.485 e. The van der Waals surface area contributed by atoms with Gasteiger partial charge in [0.25, 0.3) is 0 Å². The van der Waals surface area contributed by atoms with Crippen molar-refractivity contribution in [2.45, 2.75) is 151 Å². The van der Waals surface area contributed by atoms with Crippen LogP contribution in [-0.2, 0) is 32.9 Å². The van der Waals surface area contributed by atoms with Crippen LogP contribution in [0.5, 0.6) is 11.5 Å². The topological polar surface area (TPSA) is 193 Å². The number of fused-ring (bicyclic) bond motifs is 2. The first-order chi connectivity index (χ1) is 35.5. The van der Waals surface area contributed by atoms with E-state index < -0.39 is 20.0 Å². The van der Waals surface area contributed by atoms with Crippen molar-refractivity contribution in [3.05, 3.63) is 114 Å². The van der Waals surface area contributed by atoms with Crippen molar-refractivity contribution in [1.29, 1.82) is 0 Å². The lowest BCUT2D eigenvalue weighted by molar-refractivity contribution is 0.206. The molecule has 14 nitrogen and oxygen atoms in total. The fraction of sp³-hybridized carbons (Fsp3) is 0.519. The van der Waals surface area contributed by atoms with Crippen molar-refractivity contribution < 1.29 is 35.9 Å². The number of halogens is 4. The number of aryl methyl sites for hydroxylation is 2. The SMILES string of the molecule is Cc1cc(S(=O)(=O)NCCCCCCCCNC(=O)NCCCCNC(=O)NCCCCCCCCNS(=O)(=O)c2ccc(O[C@@H]3CCc4c(Cl)cc(Cl)cc43)c(C)c2)ccc1O[C@@H]1CCc2c(Cl)cc(Cl)cc21. The van der Waals surface area contributed by atoms with Gasteiger partial charge in [0.15, 0.2) is 0 Å². The van der Waals surface area contributed by atoms with Crippen molar-refractivity contribution in [3.63, 3.8) is 0 Å². The molecule has 0 saturated heterocycles. The van der Waals surface area contributed by atoms with E-state index in [1.807, 2.05) is 26.0 Å². The van der Waals surface area contributed by atoms with Crippen molar-refractivity contribution in [2.24, 2.45) is 0 Å². The summed E-state index contributed by atoms with van der Waals surface area (Å²) in [5, 5.41) is 13.9. The number of benzene rings is 4. The van der Waals surface area contributed by atoms with Gasteiger partial charge in [0.1, 0.15) is 23.7 Å². The molecule has 0 saturated carbocycles. The standard InChI is InChI=1S/C54H72Cl4N6O8S2/c1-37-31-41(17-21-49(37)71-51-23-19-43-45(51)33-39(55)35-47(43)57)73(67,68)63-29-13-9-5-3-7-11-25-59-53(65)61-27-15-16-28-62-54(66)60-26-12-8-4-6-10-14-30-64-74(69,70)42-18-22-50(38(2)32-42)72-52-24-20-44-46(52)34-40(56)36-48(44)58/h17-18,21-22,31-36,51-52,63-64H,3-16,19-20,23-30H2,1-2H3,(H2,59,61,65)(H2,60,62,66)/t51-,52-/m1/s1. The van der Waals surface area contributed by atoms with Gasteiger partial charge in [-0.1, -0.05) is 97.8 Å². The van der Waals surface area contributed by atoms with Crippen LogP contribution in [-0.4, -0.2) is 68.2 Å². The van der Waals surface area contributed by atoms with Crippen molar-refractivity contribution in [1.82, 2.24) is 30.7 Å². The van der Waals surface area contributed by atoms with Crippen LogP contribution < -0.4 is 40.2 Å². The molecule has 2 aliphatic carbocycles. The molecule has 6 rings (SSSR count). The van der Waals surface area contributed by atoms with Gasteiger partial charge in [0, 0.05) is 59.4 Å². The lowest BCUT2D eigenvalue weighted by Gasteiger charge is -2.18. The van der Waals surface area contributed by atoms with E-state index >= 15 is 0 Å². The number of hydrogen-bond donors (Lipinski definition) is 6. The Labute approximate surface area is 458 Å². The van der Waals surface area contributed by atoms with E-state index in [0.717, 1.165) is 149 Å². The molecule has 0 fully saturated rings. The van der Waals surface area contributed by atoms with Crippen LogP contribution in [0.2, 0.25) is 20.1 Å². The van der Waals surface area contributed by atoms with Crippen molar-refractivity contribution >= 4 is 78.5 Å². The summed E-state index contributed by atoms with van der Waals surface area (Å²) in [4.78, 5) is 24.8. The highest BCUT2D eigenvalue weighted by atomic mass is 35.5. The molecule has 0 radical (unpaired) electrons. The van der Waals surface area contributed by atoms with E-state index in [0.29, 0.717) is 70.9 Å². The number of ether oxygens (including phenoxy) is 2. The second kappa shape index (κ2) is 29.5. The summed E-state index contributed by atoms with van der Waals surface area (Å²) in [5.74, 6) is 1.25. The summed E-state index contributed by atoms with van der Waals surface area (Å²) in [6.45, 7) is 6.58. The molecule has 0 aromatic heterocycles. The molecule has 74 heavy (non-hydrogen) atoms. The number of rotatable bonds is 31. The number of amides is 4. The second-order valence-corrected chi connectivity index (χ2v) is 24.4. The molecule has 2 aliphatic rings. The third-order valence-corrected chi connectivity index (χ3v) is 17.4. The highest BCUT2D eigenvalue weighted by molar-refractivity contribution is 7.89. The zero-order chi connectivity index (χ0) is 53.1. The molecule has 4 amide bonds. The molecule has 6 N–H and O–H groups in total. The minimum Gasteiger partial charge on any atom is -0.485 e. The van der Waals surface area contributed by atoms with Gasteiger partial charge in [0.2, 0.25) is 20.0 Å². The van der Waals surface area contributed by atoms with Gasteiger partial charge in [-0.3, -0.25) is 0 Å². The second-order valence-electron chi connectivity index (χ2n) is 19.2. The Kier molecular flexibility index (Phi) is 23.6. The van der Waals surface area contributed by atoms with Crippen molar-refractivity contribution in [3.8, 4) is 11.5 Å². The Bertz CT molecular complexity index is 2570. The fourth-order valence-electron chi connectivity index (χ4n) is 9.28. The summed E-state index contributed by atoms with van der Waals surface area (Å²) >= 11 is 25.2. The smallest absolute Gasteiger partial charge is 0.314 e. The Morgan fingerprint density at radius 1 is 0.473 bits per heavy atom. The average molecular weight is 1140 g/mol. The highest BCUT2D eigenvalue weighted by Gasteiger charge is 2.29. The Morgan fingerprint density at radius 2 is 0.797 bits per heavy atom. The fourth-order valence-corrected chi connectivity index (χ4v) is 12.8. The minimum absolute atomic E-state index is 0.195. The molecule has 0 aliphatic heterocycles. The van der Waals surface area contributed by atoms with E-state index in [2.05, 4.69) is 30.7 Å². The van der Waals surface area contributed by atoms with E-state index in [-0.39, 0.29) is 34.1 Å². The molecule has 0 bridgehead atoms. The quantitative estimate of drug-likeness (QED) is 0.0268. The molecule has 406 valence electrons. The van der Waals surface area contributed by atoms with Gasteiger partial charge in [-0.2, -0.15) is 0 Å². The van der Waals surface area contributed by atoms with E-state index in [4.69, 9.17) is 55.9 Å². The summed E-state index contributed by atoms with van der Waals surface area (Å²) in [6.07, 6.45) is 15.1. The number of nitrogens with one attached hydrogen (secondary N) is 6. The van der Waals surface area contributed by atoms with E-state index in [1.165, 1.54) is 0 Å². The predicted molar refractivity (Wildman–Crippen MR) is 296 cm³/mol. The first kappa shape index (κ1) is 59.2. The van der Waals surface area contributed by atoms with Crippen molar-refractivity contribution in [2.75, 3.05) is 39.3 Å². The van der Waals surface area contributed by atoms with Crippen LogP contribution in [0.15, 0.2) is 70.5 Å². The van der Waals surface area contributed by atoms with Gasteiger partial charge >= 0.3 is 12.1 Å². The minimum atomic E-state index is -3.66. The van der Waals surface area contributed by atoms with Crippen LogP contribution in [0.4, 0.5) is 9.59 Å². The highest BCUT2D eigenvalue weighted by Crippen LogP contribution is 2.42. The first-order valence-electron chi connectivity index (χ1n) is 26.0. The van der Waals surface area contributed by atoms with Crippen LogP contribution in [0.3, 0.4) is 0 Å². The lowest BCUT2D eigenvalue weighted by Crippen LogP contribution is -2.38. The normalized spacial score (nSPS) is 15.1. The maximum atomic E-state index is 13.0. The lowest BCUT2D eigenvalue weighted by atomic mass is 10.1. The van der Waals surface area contributed by atoms with E-state index in [9.17, 15) is 26.4 Å². The Balaban J connectivity index is 0.686. The predicted octanol–water partition coefficient (Wildman–Crippen LogP) is 12.4. The Morgan fingerprint density at radius 3 is 1.15 bits per heavy atom. The van der Waals surface area contributed by atoms with Gasteiger partial charge in [-0.15, -0.1) is 0 Å². The molecule has 20 heteroatoms. The summed E-state index contributed by atoms with van der Waals surface area (Å²) < 4.78 is 70.0. The monoisotopic (exact) mass is 1140 g/mol. The van der Waals surface area contributed by atoms with Crippen LogP contribution in [0, 0.1) is 13.8 Å². The number of urea groups is 2. The van der Waals surface area contributed by atoms with Crippen LogP contribution in [0.1, 0.15) is 148 Å². The third-order valence-electron chi connectivity index (χ3n) is 13.4. The zero-order valence-electron chi connectivity index (χ0n) is 42.5. The average Bonchev–Trinajstić information content (AvgIpc) is 3.96. The molecular weight excluding hydrogens is 1070 g/mol. The number of sulfonamides is 2. The number of carbonyl (C=O) groups excluding carboxylic acids is 2. The first-order valence-corrected chi connectivity index (χ1v) is 30.5. The molecular formula is C54H72Cl4N6O8S2. The zero-order valence-corrected chi connectivity index (χ0v) is 47.1. The third kappa shape index (κ3) is 18.3. The molecule has 4 aromatic carbocycles. The summed E-state index contributed by atoms with van der Waals surface area (Å²) in [6, 6.07) is 16.7. The van der Waals surface area contributed by atoms with Crippen LogP contribution >= 0.6 is 46.4 Å². The maximum absolute atomic E-state index is 13.0. The Hall–Kier alpha value is -4.00. The van der Waals surface area contributed by atoms with E-state index in [1.54, 1.807) is 48.5 Å². The molecule has 4 aromatic rings. The van der Waals surface area contributed by atoms with Gasteiger partial charge in [-0.25, -0.2) is 35.9 Å². The van der Waals surface area contributed by atoms with Gasteiger partial charge < -0.3 is 30.7 Å². The molecule has 0 heterocycles. The number of carbonyl (C=O) groups is 2. The maximum Gasteiger partial charge on any atom is 0.314 e. The van der Waals surface area contributed by atoms with Gasteiger partial charge in [0.05, 0.1) is 9.79 Å². The number of unbranched alkanes of at least 4 members (excludes halogenated alkanes) is 11. The van der Waals surface area contributed by atoms with Gasteiger partial charge in [-0.05, 0) is 172 Å². The number of hydrogen-bond acceptors (Lipinski definition) is 8. The van der Waals surface area contributed by atoms with Crippen LogP contribution in [0.25, 0.3) is 0 Å². The summed E-state index contributed by atoms with van der Waals surface area (Å²) in [5.41, 5.74) is 5.50.